The average molecular weight is 448 g/mol. The minimum absolute atomic E-state index is 0.245. The molecule has 3 heterocycles. The predicted molar refractivity (Wildman–Crippen MR) is 124 cm³/mol. The summed E-state index contributed by atoms with van der Waals surface area (Å²) in [5.74, 6) is 1.87. The van der Waals surface area contributed by atoms with Crippen molar-refractivity contribution in [2.45, 2.75) is 50.4 Å². The zero-order valence-corrected chi connectivity index (χ0v) is 19.0. The van der Waals surface area contributed by atoms with Gasteiger partial charge in [0.05, 0.1) is 7.11 Å². The second-order valence-corrected chi connectivity index (χ2v) is 8.90. The van der Waals surface area contributed by atoms with Crippen molar-refractivity contribution in [1.82, 2.24) is 15.4 Å². The van der Waals surface area contributed by atoms with Crippen LogP contribution >= 0.6 is 0 Å². The smallest absolute Gasteiger partial charge is 0.273 e. The SMILES string of the molecule is COc1ccc(-c2cc(C(=O)NCc3cccc(OC4CC5CCC(C4)N5C)c3)no2)cc1. The van der Waals surface area contributed by atoms with Crippen LogP contribution in [-0.2, 0) is 6.54 Å². The van der Waals surface area contributed by atoms with Crippen LogP contribution in [0.15, 0.2) is 59.1 Å². The van der Waals surface area contributed by atoms with Gasteiger partial charge in [0, 0.05) is 30.3 Å². The normalized spacial score (nSPS) is 22.2. The van der Waals surface area contributed by atoms with Crippen LogP contribution in [-0.4, -0.2) is 48.3 Å². The molecule has 2 aliphatic heterocycles. The molecule has 0 aliphatic carbocycles. The molecule has 2 atom stereocenters. The van der Waals surface area contributed by atoms with Crippen LogP contribution in [0.25, 0.3) is 11.3 Å². The van der Waals surface area contributed by atoms with Gasteiger partial charge in [-0.2, -0.15) is 0 Å². The number of carbonyl (C=O) groups is 1. The van der Waals surface area contributed by atoms with Crippen LogP contribution in [0, 0.1) is 0 Å². The molecular weight excluding hydrogens is 418 g/mol. The van der Waals surface area contributed by atoms with Gasteiger partial charge in [0.25, 0.3) is 5.91 Å². The molecule has 5 rings (SSSR count). The quantitative estimate of drug-likeness (QED) is 0.583. The van der Waals surface area contributed by atoms with Gasteiger partial charge in [0.2, 0.25) is 0 Å². The third-order valence-electron chi connectivity index (χ3n) is 6.83. The molecule has 2 fully saturated rings. The average Bonchev–Trinajstić information content (AvgIpc) is 3.40. The van der Waals surface area contributed by atoms with E-state index in [4.69, 9.17) is 14.0 Å². The minimum atomic E-state index is -0.281. The van der Waals surface area contributed by atoms with Crippen LogP contribution in [0.1, 0.15) is 41.7 Å². The molecule has 2 bridgehead atoms. The van der Waals surface area contributed by atoms with E-state index >= 15 is 0 Å². The molecule has 0 radical (unpaired) electrons. The van der Waals surface area contributed by atoms with E-state index in [0.717, 1.165) is 35.5 Å². The first-order chi connectivity index (χ1) is 16.1. The van der Waals surface area contributed by atoms with Crippen LogP contribution in [0.2, 0.25) is 0 Å². The van der Waals surface area contributed by atoms with E-state index in [1.54, 1.807) is 13.2 Å². The lowest BCUT2D eigenvalue weighted by Crippen LogP contribution is -2.43. The number of piperidine rings is 1. The fourth-order valence-corrected chi connectivity index (χ4v) is 4.93. The Bertz CT molecular complexity index is 1100. The summed E-state index contributed by atoms with van der Waals surface area (Å²) >= 11 is 0. The molecule has 0 saturated carbocycles. The Hall–Kier alpha value is -3.32. The lowest BCUT2D eigenvalue weighted by atomic mass is 10.0. The summed E-state index contributed by atoms with van der Waals surface area (Å²) in [7, 11) is 3.85. The van der Waals surface area contributed by atoms with Crippen LogP contribution < -0.4 is 14.8 Å². The summed E-state index contributed by atoms with van der Waals surface area (Å²) in [6.07, 6.45) is 4.97. The molecule has 7 heteroatoms. The van der Waals surface area contributed by atoms with Gasteiger partial charge in [-0.1, -0.05) is 17.3 Å². The Morgan fingerprint density at radius 2 is 1.85 bits per heavy atom. The number of hydrogen-bond donors (Lipinski definition) is 1. The first kappa shape index (κ1) is 21.5. The molecule has 2 unspecified atom stereocenters. The second-order valence-electron chi connectivity index (χ2n) is 8.90. The lowest BCUT2D eigenvalue weighted by molar-refractivity contribution is 0.0661. The van der Waals surface area contributed by atoms with Gasteiger partial charge in [-0.15, -0.1) is 0 Å². The van der Waals surface area contributed by atoms with Gasteiger partial charge in [0.1, 0.15) is 17.6 Å². The highest BCUT2D eigenvalue weighted by atomic mass is 16.5. The van der Waals surface area contributed by atoms with Crippen molar-refractivity contribution in [3.63, 3.8) is 0 Å². The number of fused-ring (bicyclic) bond motifs is 2. The fourth-order valence-electron chi connectivity index (χ4n) is 4.93. The van der Waals surface area contributed by atoms with Gasteiger partial charge in [-0.05, 0) is 74.7 Å². The molecule has 2 aromatic carbocycles. The Morgan fingerprint density at radius 1 is 1.09 bits per heavy atom. The molecule has 1 aromatic heterocycles. The zero-order chi connectivity index (χ0) is 22.8. The number of methoxy groups -OCH3 is 1. The summed E-state index contributed by atoms with van der Waals surface area (Å²) in [6.45, 7) is 0.388. The van der Waals surface area contributed by atoms with Crippen molar-refractivity contribution in [2.75, 3.05) is 14.2 Å². The topological polar surface area (TPSA) is 76.8 Å². The molecule has 1 N–H and O–H groups in total. The Labute approximate surface area is 193 Å². The minimum Gasteiger partial charge on any atom is -0.497 e. The maximum atomic E-state index is 12.6. The maximum absolute atomic E-state index is 12.6. The number of benzene rings is 2. The highest BCUT2D eigenvalue weighted by Crippen LogP contribution is 2.36. The van der Waals surface area contributed by atoms with Gasteiger partial charge in [0.15, 0.2) is 11.5 Å². The third-order valence-corrected chi connectivity index (χ3v) is 6.83. The molecule has 3 aromatic rings. The summed E-state index contributed by atoms with van der Waals surface area (Å²) < 4.78 is 16.8. The van der Waals surface area contributed by atoms with E-state index in [1.165, 1.54) is 12.8 Å². The van der Waals surface area contributed by atoms with E-state index in [-0.39, 0.29) is 17.7 Å². The number of rotatable bonds is 7. The fraction of sp³-hybridized carbons (Fsp3) is 0.385. The number of hydrogen-bond acceptors (Lipinski definition) is 6. The molecular formula is C26H29N3O4. The molecule has 2 saturated heterocycles. The summed E-state index contributed by atoms with van der Waals surface area (Å²) in [6, 6.07) is 18.3. The molecule has 172 valence electrons. The number of nitrogens with one attached hydrogen (secondary N) is 1. The molecule has 0 spiro atoms. The Balaban J connectivity index is 1.17. The number of ether oxygens (including phenoxy) is 2. The lowest BCUT2D eigenvalue weighted by Gasteiger charge is -2.36. The molecule has 1 amide bonds. The number of carbonyl (C=O) groups excluding carboxylic acids is 1. The van der Waals surface area contributed by atoms with Crippen molar-refractivity contribution in [2.24, 2.45) is 0 Å². The number of amides is 1. The van der Waals surface area contributed by atoms with E-state index in [0.29, 0.717) is 24.4 Å². The first-order valence-corrected chi connectivity index (χ1v) is 11.5. The third kappa shape index (κ3) is 4.73. The van der Waals surface area contributed by atoms with Crippen molar-refractivity contribution in [1.29, 1.82) is 0 Å². The van der Waals surface area contributed by atoms with Crippen molar-refractivity contribution < 1.29 is 18.8 Å². The standard InChI is InChI=1S/C26H29N3O4/c1-29-19-8-9-20(29)14-23(13-19)32-22-5-3-4-17(12-22)16-27-26(30)24-15-25(33-28-24)18-6-10-21(31-2)11-7-18/h3-7,10-12,15,19-20,23H,8-9,13-14,16H2,1-2H3,(H,27,30). The first-order valence-electron chi connectivity index (χ1n) is 11.5. The molecule has 2 aliphatic rings. The van der Waals surface area contributed by atoms with E-state index in [2.05, 4.69) is 22.4 Å². The van der Waals surface area contributed by atoms with Crippen LogP contribution in [0.3, 0.4) is 0 Å². The number of nitrogens with zero attached hydrogens (tertiary/aromatic N) is 2. The summed E-state index contributed by atoms with van der Waals surface area (Å²) in [5.41, 5.74) is 2.06. The van der Waals surface area contributed by atoms with Crippen molar-refractivity contribution in [3.05, 3.63) is 65.9 Å². The second kappa shape index (κ2) is 9.27. The zero-order valence-electron chi connectivity index (χ0n) is 19.0. The molecule has 7 nitrogen and oxygen atoms in total. The van der Waals surface area contributed by atoms with E-state index < -0.39 is 0 Å². The largest absolute Gasteiger partial charge is 0.497 e. The highest BCUT2D eigenvalue weighted by Gasteiger charge is 2.39. The van der Waals surface area contributed by atoms with Gasteiger partial charge >= 0.3 is 0 Å². The maximum Gasteiger partial charge on any atom is 0.273 e. The Morgan fingerprint density at radius 3 is 2.58 bits per heavy atom. The van der Waals surface area contributed by atoms with Crippen LogP contribution in [0.4, 0.5) is 0 Å². The summed E-state index contributed by atoms with van der Waals surface area (Å²) in [4.78, 5) is 15.1. The molecule has 33 heavy (non-hydrogen) atoms. The van der Waals surface area contributed by atoms with Gasteiger partial charge < -0.3 is 24.2 Å². The van der Waals surface area contributed by atoms with Crippen molar-refractivity contribution in [3.8, 4) is 22.8 Å². The predicted octanol–water partition coefficient (Wildman–Crippen LogP) is 4.28. The van der Waals surface area contributed by atoms with Crippen LogP contribution in [0.5, 0.6) is 11.5 Å². The monoisotopic (exact) mass is 447 g/mol. The highest BCUT2D eigenvalue weighted by molar-refractivity contribution is 5.93. The van der Waals surface area contributed by atoms with Gasteiger partial charge in [-0.25, -0.2) is 0 Å². The number of aromatic nitrogens is 1. The summed E-state index contributed by atoms with van der Waals surface area (Å²) in [5, 5.41) is 6.84. The van der Waals surface area contributed by atoms with Gasteiger partial charge in [-0.3, -0.25) is 4.79 Å². The van der Waals surface area contributed by atoms with E-state index in [1.807, 2.05) is 48.5 Å². The van der Waals surface area contributed by atoms with E-state index in [9.17, 15) is 4.79 Å². The van der Waals surface area contributed by atoms with Crippen molar-refractivity contribution >= 4 is 5.91 Å². The Kier molecular flexibility index (Phi) is 6.05.